The smallest absolute Gasteiger partial charge is 0.271 e. The molecular formula is C21H24N4O4. The highest BCUT2D eigenvalue weighted by Crippen LogP contribution is 2.28. The third kappa shape index (κ3) is 5.78. The number of hydrogen-bond donors (Lipinski definition) is 1. The van der Waals surface area contributed by atoms with Gasteiger partial charge in [-0.1, -0.05) is 0 Å². The third-order valence-electron chi connectivity index (χ3n) is 4.40. The van der Waals surface area contributed by atoms with Crippen molar-refractivity contribution in [3.63, 3.8) is 0 Å². The number of rotatable bonds is 8. The molecule has 8 heteroatoms. The second kappa shape index (κ2) is 10.2. The Balaban J connectivity index is 1.60. The standard InChI is InChI=1S/C21H24N4O4/c1-2-28-19-13-16(14-23-24-21(27)17-7-9-22-10-8-17)5-6-18(19)29-15-20(26)25-11-3-4-12-25/h5-10,13-14H,2-4,11-12,15H2,1H3,(H,24,27)/b23-14-. The minimum Gasteiger partial charge on any atom is -0.490 e. The second-order valence-electron chi connectivity index (χ2n) is 6.45. The maximum Gasteiger partial charge on any atom is 0.271 e. The molecule has 1 aromatic heterocycles. The van der Waals surface area contributed by atoms with Crippen molar-refractivity contribution < 1.29 is 19.1 Å². The van der Waals surface area contributed by atoms with Crippen molar-refractivity contribution >= 4 is 18.0 Å². The molecule has 3 rings (SSSR count). The summed E-state index contributed by atoms with van der Waals surface area (Å²) in [5, 5.41) is 3.97. The zero-order chi connectivity index (χ0) is 20.5. The van der Waals surface area contributed by atoms with Crippen LogP contribution in [-0.4, -0.2) is 54.2 Å². The molecule has 1 aromatic carbocycles. The lowest BCUT2D eigenvalue weighted by atomic mass is 10.2. The van der Waals surface area contributed by atoms with E-state index in [1.165, 1.54) is 6.21 Å². The molecule has 0 unspecified atom stereocenters. The molecule has 0 atom stereocenters. The monoisotopic (exact) mass is 396 g/mol. The first-order valence-electron chi connectivity index (χ1n) is 9.58. The molecule has 0 bridgehead atoms. The highest BCUT2D eigenvalue weighted by molar-refractivity contribution is 5.94. The molecular weight excluding hydrogens is 372 g/mol. The number of carbonyl (C=O) groups excluding carboxylic acids is 2. The first-order valence-corrected chi connectivity index (χ1v) is 9.58. The Labute approximate surface area is 169 Å². The van der Waals surface area contributed by atoms with E-state index in [2.05, 4.69) is 15.5 Å². The molecule has 2 aromatic rings. The number of ether oxygens (including phenoxy) is 2. The Morgan fingerprint density at radius 3 is 2.62 bits per heavy atom. The Bertz CT molecular complexity index is 864. The molecule has 1 aliphatic heterocycles. The van der Waals surface area contributed by atoms with Crippen molar-refractivity contribution in [3.8, 4) is 11.5 Å². The number of nitrogens with one attached hydrogen (secondary N) is 1. The Morgan fingerprint density at radius 2 is 1.90 bits per heavy atom. The van der Waals surface area contributed by atoms with Gasteiger partial charge in [0, 0.05) is 31.0 Å². The Kier molecular flexibility index (Phi) is 7.16. The predicted molar refractivity (Wildman–Crippen MR) is 108 cm³/mol. The van der Waals surface area contributed by atoms with E-state index in [1.807, 2.05) is 11.8 Å². The molecule has 29 heavy (non-hydrogen) atoms. The summed E-state index contributed by atoms with van der Waals surface area (Å²) in [6, 6.07) is 8.47. The van der Waals surface area contributed by atoms with Gasteiger partial charge in [-0.25, -0.2) is 5.43 Å². The minimum atomic E-state index is -0.325. The number of pyridine rings is 1. The molecule has 0 spiro atoms. The van der Waals surface area contributed by atoms with Crippen LogP contribution in [0.1, 0.15) is 35.7 Å². The minimum absolute atomic E-state index is 0.0184. The van der Waals surface area contributed by atoms with Crippen LogP contribution in [-0.2, 0) is 4.79 Å². The van der Waals surface area contributed by atoms with Gasteiger partial charge in [-0.05, 0) is 55.7 Å². The molecule has 1 saturated heterocycles. The number of nitrogens with zero attached hydrogens (tertiary/aromatic N) is 3. The molecule has 0 aliphatic carbocycles. The molecule has 8 nitrogen and oxygen atoms in total. The van der Waals surface area contributed by atoms with Crippen LogP contribution < -0.4 is 14.9 Å². The van der Waals surface area contributed by atoms with Gasteiger partial charge in [0.25, 0.3) is 11.8 Å². The summed E-state index contributed by atoms with van der Waals surface area (Å²) < 4.78 is 11.3. The SMILES string of the molecule is CCOc1cc(/C=N\NC(=O)c2ccncc2)ccc1OCC(=O)N1CCCC1. The fourth-order valence-electron chi connectivity index (χ4n) is 2.92. The first kappa shape index (κ1) is 20.3. The first-order chi connectivity index (χ1) is 14.2. The van der Waals surface area contributed by atoms with Crippen LogP contribution in [0.4, 0.5) is 0 Å². The van der Waals surface area contributed by atoms with Gasteiger partial charge in [0.05, 0.1) is 12.8 Å². The molecule has 1 fully saturated rings. The topological polar surface area (TPSA) is 93.1 Å². The zero-order valence-corrected chi connectivity index (χ0v) is 16.3. The van der Waals surface area contributed by atoms with Gasteiger partial charge in [-0.15, -0.1) is 0 Å². The van der Waals surface area contributed by atoms with Crippen molar-refractivity contribution in [2.24, 2.45) is 5.10 Å². The largest absolute Gasteiger partial charge is 0.490 e. The van der Waals surface area contributed by atoms with Crippen LogP contribution >= 0.6 is 0 Å². The fourth-order valence-corrected chi connectivity index (χ4v) is 2.92. The van der Waals surface area contributed by atoms with Gasteiger partial charge >= 0.3 is 0 Å². The second-order valence-corrected chi connectivity index (χ2v) is 6.45. The summed E-state index contributed by atoms with van der Waals surface area (Å²) in [4.78, 5) is 29.8. The molecule has 0 radical (unpaired) electrons. The number of amides is 2. The zero-order valence-electron chi connectivity index (χ0n) is 16.3. The Morgan fingerprint density at radius 1 is 1.14 bits per heavy atom. The van der Waals surface area contributed by atoms with E-state index in [0.29, 0.717) is 23.7 Å². The summed E-state index contributed by atoms with van der Waals surface area (Å²) >= 11 is 0. The highest BCUT2D eigenvalue weighted by Gasteiger charge is 2.19. The lowest BCUT2D eigenvalue weighted by Crippen LogP contribution is -2.32. The van der Waals surface area contributed by atoms with Crippen molar-refractivity contribution in [3.05, 3.63) is 53.9 Å². The normalized spacial score (nSPS) is 13.5. The van der Waals surface area contributed by atoms with Gasteiger partial charge in [0.2, 0.25) is 0 Å². The summed E-state index contributed by atoms with van der Waals surface area (Å²) in [5.74, 6) is 0.673. The molecule has 1 N–H and O–H groups in total. The van der Waals surface area contributed by atoms with E-state index in [0.717, 1.165) is 31.5 Å². The quantitative estimate of drug-likeness (QED) is 0.546. The maximum atomic E-state index is 12.2. The van der Waals surface area contributed by atoms with Crippen molar-refractivity contribution in [1.82, 2.24) is 15.3 Å². The average Bonchev–Trinajstić information content (AvgIpc) is 3.29. The maximum absolute atomic E-state index is 12.2. The summed E-state index contributed by atoms with van der Waals surface area (Å²) in [6.07, 6.45) is 6.69. The average molecular weight is 396 g/mol. The fraction of sp³-hybridized carbons (Fsp3) is 0.333. The van der Waals surface area contributed by atoms with Gasteiger partial charge in [-0.3, -0.25) is 14.6 Å². The number of aromatic nitrogens is 1. The van der Waals surface area contributed by atoms with Gasteiger partial charge in [0.1, 0.15) is 0 Å². The van der Waals surface area contributed by atoms with E-state index in [9.17, 15) is 9.59 Å². The van der Waals surface area contributed by atoms with Gasteiger partial charge in [-0.2, -0.15) is 5.10 Å². The highest BCUT2D eigenvalue weighted by atomic mass is 16.5. The van der Waals surface area contributed by atoms with Crippen molar-refractivity contribution in [2.45, 2.75) is 19.8 Å². The van der Waals surface area contributed by atoms with Crippen LogP contribution in [0.2, 0.25) is 0 Å². The number of hydrogen-bond acceptors (Lipinski definition) is 6. The van der Waals surface area contributed by atoms with E-state index in [1.54, 1.807) is 42.7 Å². The van der Waals surface area contributed by atoms with Crippen LogP contribution in [0.5, 0.6) is 11.5 Å². The lowest BCUT2D eigenvalue weighted by molar-refractivity contribution is -0.132. The molecule has 0 saturated carbocycles. The lowest BCUT2D eigenvalue weighted by Gasteiger charge is -2.17. The number of hydrazone groups is 1. The predicted octanol–water partition coefficient (Wildman–Crippen LogP) is 2.25. The van der Waals surface area contributed by atoms with Gasteiger partial charge in [0.15, 0.2) is 18.1 Å². The van der Waals surface area contributed by atoms with Crippen LogP contribution in [0, 0.1) is 0 Å². The molecule has 2 amide bonds. The summed E-state index contributed by atoms with van der Waals surface area (Å²) in [7, 11) is 0. The van der Waals surface area contributed by atoms with Crippen LogP contribution in [0.25, 0.3) is 0 Å². The summed E-state index contributed by atoms with van der Waals surface area (Å²) in [6.45, 7) is 3.89. The van der Waals surface area contributed by atoms with E-state index in [-0.39, 0.29) is 18.4 Å². The molecule has 2 heterocycles. The number of benzene rings is 1. The third-order valence-corrected chi connectivity index (χ3v) is 4.40. The number of likely N-dealkylation sites (tertiary alicyclic amines) is 1. The molecule has 152 valence electrons. The molecule has 1 aliphatic rings. The van der Waals surface area contributed by atoms with E-state index >= 15 is 0 Å². The van der Waals surface area contributed by atoms with E-state index < -0.39 is 0 Å². The van der Waals surface area contributed by atoms with Gasteiger partial charge < -0.3 is 14.4 Å². The van der Waals surface area contributed by atoms with Crippen LogP contribution in [0.3, 0.4) is 0 Å². The van der Waals surface area contributed by atoms with E-state index in [4.69, 9.17) is 9.47 Å². The number of carbonyl (C=O) groups is 2. The van der Waals surface area contributed by atoms with Crippen molar-refractivity contribution in [1.29, 1.82) is 0 Å². The van der Waals surface area contributed by atoms with Crippen molar-refractivity contribution in [2.75, 3.05) is 26.3 Å². The van der Waals surface area contributed by atoms with Crippen LogP contribution in [0.15, 0.2) is 47.8 Å². The summed E-state index contributed by atoms with van der Waals surface area (Å²) in [5.41, 5.74) is 3.66. The Hall–Kier alpha value is -3.42.